The standard InChI is InChI=1S/C16H21N3O2/c1-10-13(8-15(20)21)11(2)18-16-14(10)9-17-19(16)12-6-4-3-5-7-12/h9,12H,3-8H2,1-2H3,(H,20,21). The van der Waals surface area contributed by atoms with Crippen molar-refractivity contribution >= 4 is 17.0 Å². The summed E-state index contributed by atoms with van der Waals surface area (Å²) < 4.78 is 2.05. The van der Waals surface area contributed by atoms with Gasteiger partial charge >= 0.3 is 5.97 Å². The fourth-order valence-corrected chi connectivity index (χ4v) is 3.40. The van der Waals surface area contributed by atoms with Crippen LogP contribution in [-0.2, 0) is 11.2 Å². The van der Waals surface area contributed by atoms with E-state index in [0.717, 1.165) is 40.7 Å². The van der Waals surface area contributed by atoms with Gasteiger partial charge in [0.15, 0.2) is 5.65 Å². The molecule has 5 nitrogen and oxygen atoms in total. The first-order chi connectivity index (χ1) is 10.1. The summed E-state index contributed by atoms with van der Waals surface area (Å²) >= 11 is 0. The molecule has 0 aromatic carbocycles. The van der Waals surface area contributed by atoms with Crippen molar-refractivity contribution in [2.75, 3.05) is 0 Å². The summed E-state index contributed by atoms with van der Waals surface area (Å²) in [6, 6.07) is 0.438. The number of carboxylic acid groups (broad SMARTS) is 1. The molecule has 112 valence electrons. The van der Waals surface area contributed by atoms with Crippen LogP contribution >= 0.6 is 0 Å². The third-order valence-corrected chi connectivity index (χ3v) is 4.58. The third kappa shape index (κ3) is 2.52. The van der Waals surface area contributed by atoms with Crippen molar-refractivity contribution in [1.29, 1.82) is 0 Å². The molecule has 0 unspecified atom stereocenters. The van der Waals surface area contributed by atoms with E-state index >= 15 is 0 Å². The Labute approximate surface area is 124 Å². The quantitative estimate of drug-likeness (QED) is 0.941. The molecule has 0 atom stereocenters. The summed E-state index contributed by atoms with van der Waals surface area (Å²) in [5, 5.41) is 14.6. The Morgan fingerprint density at radius 2 is 2.05 bits per heavy atom. The number of nitrogens with zero attached hydrogens (tertiary/aromatic N) is 3. The van der Waals surface area contributed by atoms with Gasteiger partial charge in [-0.1, -0.05) is 19.3 Å². The van der Waals surface area contributed by atoms with Crippen LogP contribution in [0.2, 0.25) is 0 Å². The van der Waals surface area contributed by atoms with Gasteiger partial charge in [-0.15, -0.1) is 0 Å². The van der Waals surface area contributed by atoms with Crippen molar-refractivity contribution in [1.82, 2.24) is 14.8 Å². The molecule has 21 heavy (non-hydrogen) atoms. The zero-order chi connectivity index (χ0) is 15.0. The minimum atomic E-state index is -0.818. The van der Waals surface area contributed by atoms with Crippen LogP contribution in [0.5, 0.6) is 0 Å². The van der Waals surface area contributed by atoms with Gasteiger partial charge in [0.2, 0.25) is 0 Å². The first kappa shape index (κ1) is 14.0. The van der Waals surface area contributed by atoms with Crippen LogP contribution in [-0.4, -0.2) is 25.8 Å². The van der Waals surface area contributed by atoms with Crippen LogP contribution < -0.4 is 0 Å². The molecule has 0 amide bonds. The van der Waals surface area contributed by atoms with E-state index in [1.165, 1.54) is 19.3 Å². The summed E-state index contributed by atoms with van der Waals surface area (Å²) in [6.45, 7) is 3.87. The van der Waals surface area contributed by atoms with Crippen molar-refractivity contribution in [2.45, 2.75) is 58.4 Å². The Bertz CT molecular complexity index is 684. The Morgan fingerprint density at radius 3 is 2.71 bits per heavy atom. The van der Waals surface area contributed by atoms with Crippen molar-refractivity contribution in [3.8, 4) is 0 Å². The van der Waals surface area contributed by atoms with Gasteiger partial charge in [-0.3, -0.25) is 4.79 Å². The van der Waals surface area contributed by atoms with Crippen LogP contribution in [0.1, 0.15) is 55.0 Å². The number of hydrogen-bond acceptors (Lipinski definition) is 3. The highest BCUT2D eigenvalue weighted by molar-refractivity contribution is 5.82. The molecule has 3 rings (SSSR count). The zero-order valence-corrected chi connectivity index (χ0v) is 12.6. The minimum absolute atomic E-state index is 0.0230. The number of rotatable bonds is 3. The predicted molar refractivity (Wildman–Crippen MR) is 80.5 cm³/mol. The second-order valence-corrected chi connectivity index (χ2v) is 5.99. The summed E-state index contributed by atoms with van der Waals surface area (Å²) in [5.41, 5.74) is 3.53. The minimum Gasteiger partial charge on any atom is -0.481 e. The molecule has 0 saturated heterocycles. The average Bonchev–Trinajstić information content (AvgIpc) is 2.88. The van der Waals surface area contributed by atoms with Crippen LogP contribution in [0.25, 0.3) is 11.0 Å². The maximum Gasteiger partial charge on any atom is 0.307 e. The number of carboxylic acids is 1. The first-order valence-electron chi connectivity index (χ1n) is 7.63. The molecule has 1 aliphatic carbocycles. The number of pyridine rings is 1. The molecule has 1 fully saturated rings. The zero-order valence-electron chi connectivity index (χ0n) is 12.6. The van der Waals surface area contributed by atoms with E-state index < -0.39 is 5.97 Å². The van der Waals surface area contributed by atoms with Gasteiger partial charge in [0, 0.05) is 11.1 Å². The van der Waals surface area contributed by atoms with E-state index in [0.29, 0.717) is 6.04 Å². The lowest BCUT2D eigenvalue weighted by molar-refractivity contribution is -0.136. The number of aryl methyl sites for hydroxylation is 2. The number of carbonyl (C=O) groups is 1. The second kappa shape index (κ2) is 5.47. The van der Waals surface area contributed by atoms with Crippen molar-refractivity contribution in [3.63, 3.8) is 0 Å². The summed E-state index contributed by atoms with van der Waals surface area (Å²) in [4.78, 5) is 15.7. The molecule has 0 bridgehead atoms. The topological polar surface area (TPSA) is 68.0 Å². The number of fused-ring (bicyclic) bond motifs is 1. The van der Waals surface area contributed by atoms with Gasteiger partial charge in [0.25, 0.3) is 0 Å². The highest BCUT2D eigenvalue weighted by Crippen LogP contribution is 2.31. The molecule has 1 aliphatic rings. The maximum absolute atomic E-state index is 11.0. The fraction of sp³-hybridized carbons (Fsp3) is 0.562. The van der Waals surface area contributed by atoms with Gasteiger partial charge in [0.1, 0.15) is 0 Å². The van der Waals surface area contributed by atoms with Crippen molar-refractivity contribution in [3.05, 3.63) is 23.0 Å². The summed E-state index contributed by atoms with van der Waals surface area (Å²) in [5.74, 6) is -0.818. The number of aromatic nitrogens is 3. The molecule has 1 N–H and O–H groups in total. The lowest BCUT2D eigenvalue weighted by atomic mass is 9.95. The highest BCUT2D eigenvalue weighted by atomic mass is 16.4. The lowest BCUT2D eigenvalue weighted by Gasteiger charge is -2.22. The first-order valence-corrected chi connectivity index (χ1v) is 7.63. The van der Waals surface area contributed by atoms with Gasteiger partial charge < -0.3 is 5.11 Å². The Hall–Kier alpha value is -1.91. The van der Waals surface area contributed by atoms with E-state index in [9.17, 15) is 4.79 Å². The second-order valence-electron chi connectivity index (χ2n) is 5.99. The molecule has 2 aromatic rings. The Kier molecular flexibility index (Phi) is 3.66. The summed E-state index contributed by atoms with van der Waals surface area (Å²) in [6.07, 6.45) is 8.00. The highest BCUT2D eigenvalue weighted by Gasteiger charge is 2.21. The largest absolute Gasteiger partial charge is 0.481 e. The maximum atomic E-state index is 11.0. The normalized spacial score (nSPS) is 16.5. The molecule has 5 heteroatoms. The number of aliphatic carboxylic acids is 1. The molecular formula is C16H21N3O2. The van der Waals surface area contributed by atoms with E-state index in [-0.39, 0.29) is 6.42 Å². The third-order valence-electron chi connectivity index (χ3n) is 4.58. The van der Waals surface area contributed by atoms with Gasteiger partial charge in [-0.2, -0.15) is 5.10 Å². The molecule has 0 radical (unpaired) electrons. The average molecular weight is 287 g/mol. The van der Waals surface area contributed by atoms with Gasteiger partial charge in [0.05, 0.1) is 18.7 Å². The van der Waals surface area contributed by atoms with Crippen molar-refractivity contribution in [2.24, 2.45) is 0 Å². The van der Waals surface area contributed by atoms with Crippen LogP contribution in [0.15, 0.2) is 6.20 Å². The number of hydrogen-bond donors (Lipinski definition) is 1. The SMILES string of the molecule is Cc1nc2c(cnn2C2CCCCC2)c(C)c1CC(=O)O. The van der Waals surface area contributed by atoms with Crippen LogP contribution in [0.4, 0.5) is 0 Å². The lowest BCUT2D eigenvalue weighted by Crippen LogP contribution is -2.15. The fourth-order valence-electron chi connectivity index (χ4n) is 3.40. The van der Waals surface area contributed by atoms with Crippen LogP contribution in [0, 0.1) is 13.8 Å². The molecule has 2 heterocycles. The van der Waals surface area contributed by atoms with E-state index in [1.807, 2.05) is 20.0 Å². The van der Waals surface area contributed by atoms with E-state index in [2.05, 4.69) is 14.8 Å². The van der Waals surface area contributed by atoms with Gasteiger partial charge in [-0.25, -0.2) is 9.67 Å². The molecule has 0 spiro atoms. The predicted octanol–water partition coefficient (Wildman–Crippen LogP) is 3.18. The Morgan fingerprint density at radius 1 is 1.33 bits per heavy atom. The smallest absolute Gasteiger partial charge is 0.307 e. The monoisotopic (exact) mass is 287 g/mol. The molecule has 1 saturated carbocycles. The Balaban J connectivity index is 2.08. The van der Waals surface area contributed by atoms with E-state index in [4.69, 9.17) is 5.11 Å². The molecule has 2 aromatic heterocycles. The van der Waals surface area contributed by atoms with E-state index in [1.54, 1.807) is 0 Å². The van der Waals surface area contributed by atoms with Gasteiger partial charge in [-0.05, 0) is 37.8 Å². The summed E-state index contributed by atoms with van der Waals surface area (Å²) in [7, 11) is 0. The van der Waals surface area contributed by atoms with Crippen molar-refractivity contribution < 1.29 is 9.90 Å². The van der Waals surface area contributed by atoms with Crippen LogP contribution in [0.3, 0.4) is 0 Å². The molecular weight excluding hydrogens is 266 g/mol. The molecule has 0 aliphatic heterocycles.